The molecule has 7 heteroatoms. The molecule has 0 atom stereocenters. The van der Waals surface area contributed by atoms with Crippen LogP contribution in [0.1, 0.15) is 34.1 Å². The second-order valence-electron chi connectivity index (χ2n) is 5.39. The summed E-state index contributed by atoms with van der Waals surface area (Å²) in [6, 6.07) is 5.81. The summed E-state index contributed by atoms with van der Waals surface area (Å²) in [7, 11) is 0. The Bertz CT molecular complexity index is 789. The van der Waals surface area contributed by atoms with E-state index in [4.69, 9.17) is 0 Å². The standard InChI is InChI=1S/C15H15N5OS/c21-14(13-2-1-9-22-13)19-7-4-11(5-8-19)12-3-6-16-15-17-10-18-20(12)15/h1-3,6,9-11H,4-5,7-8H2. The topological polar surface area (TPSA) is 63.4 Å². The fourth-order valence-electron chi connectivity index (χ4n) is 3.00. The molecular formula is C15H15N5OS. The van der Waals surface area contributed by atoms with Gasteiger partial charge in [0.05, 0.1) is 10.6 Å². The van der Waals surface area contributed by atoms with Crippen molar-refractivity contribution in [2.45, 2.75) is 18.8 Å². The number of fused-ring (bicyclic) bond motifs is 1. The van der Waals surface area contributed by atoms with Crippen LogP contribution in [0.3, 0.4) is 0 Å². The molecule has 0 aromatic carbocycles. The lowest BCUT2D eigenvalue weighted by atomic mass is 9.93. The maximum absolute atomic E-state index is 12.4. The van der Waals surface area contributed by atoms with Crippen LogP contribution in [0.25, 0.3) is 5.78 Å². The zero-order chi connectivity index (χ0) is 14.9. The van der Waals surface area contributed by atoms with Gasteiger partial charge in [-0.15, -0.1) is 11.3 Å². The zero-order valence-electron chi connectivity index (χ0n) is 11.9. The third-order valence-electron chi connectivity index (χ3n) is 4.14. The van der Waals surface area contributed by atoms with Gasteiger partial charge < -0.3 is 4.90 Å². The van der Waals surface area contributed by atoms with Gasteiger partial charge in [-0.3, -0.25) is 4.79 Å². The molecule has 0 spiro atoms. The first kappa shape index (κ1) is 13.4. The summed E-state index contributed by atoms with van der Waals surface area (Å²) in [5.41, 5.74) is 1.13. The Balaban J connectivity index is 1.50. The summed E-state index contributed by atoms with van der Waals surface area (Å²) in [6.45, 7) is 1.56. The fourth-order valence-corrected chi connectivity index (χ4v) is 3.69. The minimum Gasteiger partial charge on any atom is -0.338 e. The Hall–Kier alpha value is -2.28. The molecule has 0 N–H and O–H groups in total. The van der Waals surface area contributed by atoms with Crippen molar-refractivity contribution in [2.75, 3.05) is 13.1 Å². The third kappa shape index (κ3) is 2.27. The summed E-state index contributed by atoms with van der Waals surface area (Å²) >= 11 is 1.50. The molecule has 1 aliphatic rings. The van der Waals surface area contributed by atoms with Gasteiger partial charge in [-0.2, -0.15) is 10.1 Å². The second-order valence-corrected chi connectivity index (χ2v) is 6.33. The van der Waals surface area contributed by atoms with E-state index >= 15 is 0 Å². The van der Waals surface area contributed by atoms with Crippen LogP contribution < -0.4 is 0 Å². The number of nitrogens with zero attached hydrogens (tertiary/aromatic N) is 5. The molecule has 6 nitrogen and oxygen atoms in total. The number of hydrogen-bond donors (Lipinski definition) is 0. The number of hydrogen-bond acceptors (Lipinski definition) is 5. The molecule has 112 valence electrons. The molecule has 1 aliphatic heterocycles. The van der Waals surface area contributed by atoms with E-state index in [0.717, 1.165) is 36.5 Å². The monoisotopic (exact) mass is 313 g/mol. The number of amides is 1. The predicted octanol–water partition coefficient (Wildman–Crippen LogP) is 2.21. The maximum atomic E-state index is 12.4. The highest BCUT2D eigenvalue weighted by atomic mass is 32.1. The predicted molar refractivity (Wildman–Crippen MR) is 83.0 cm³/mol. The van der Waals surface area contributed by atoms with Gasteiger partial charge in [-0.05, 0) is 30.4 Å². The first-order valence-electron chi connectivity index (χ1n) is 7.30. The molecule has 0 aliphatic carbocycles. The smallest absolute Gasteiger partial charge is 0.263 e. The van der Waals surface area contributed by atoms with E-state index in [1.807, 2.05) is 28.5 Å². The van der Waals surface area contributed by atoms with E-state index in [2.05, 4.69) is 15.1 Å². The van der Waals surface area contributed by atoms with E-state index < -0.39 is 0 Å². The van der Waals surface area contributed by atoms with Crippen molar-refractivity contribution < 1.29 is 4.79 Å². The minimum atomic E-state index is 0.147. The Kier molecular flexibility index (Phi) is 3.34. The molecule has 0 saturated carbocycles. The van der Waals surface area contributed by atoms with Crippen LogP contribution in [0, 0.1) is 0 Å². The normalized spacial score (nSPS) is 16.3. The highest BCUT2D eigenvalue weighted by molar-refractivity contribution is 7.12. The Morgan fingerprint density at radius 1 is 1.23 bits per heavy atom. The number of carbonyl (C=O) groups is 1. The van der Waals surface area contributed by atoms with Crippen LogP contribution in [0.15, 0.2) is 36.1 Å². The average molecular weight is 313 g/mol. The summed E-state index contributed by atoms with van der Waals surface area (Å²) in [5.74, 6) is 1.17. The molecule has 1 amide bonds. The van der Waals surface area contributed by atoms with E-state index in [-0.39, 0.29) is 5.91 Å². The molecule has 0 bridgehead atoms. The summed E-state index contributed by atoms with van der Waals surface area (Å²) in [4.78, 5) is 23.5. The van der Waals surface area contributed by atoms with Crippen molar-refractivity contribution in [2.24, 2.45) is 0 Å². The largest absolute Gasteiger partial charge is 0.338 e. The van der Waals surface area contributed by atoms with Crippen molar-refractivity contribution in [3.63, 3.8) is 0 Å². The molecule has 1 fully saturated rings. The fraction of sp³-hybridized carbons (Fsp3) is 0.333. The minimum absolute atomic E-state index is 0.147. The first-order valence-corrected chi connectivity index (χ1v) is 8.18. The molecule has 1 saturated heterocycles. The van der Waals surface area contributed by atoms with Crippen LogP contribution >= 0.6 is 11.3 Å². The maximum Gasteiger partial charge on any atom is 0.263 e. The molecule has 4 heterocycles. The van der Waals surface area contributed by atoms with E-state index in [0.29, 0.717) is 11.7 Å². The van der Waals surface area contributed by atoms with Gasteiger partial charge in [0.2, 0.25) is 0 Å². The van der Waals surface area contributed by atoms with Crippen molar-refractivity contribution >= 4 is 23.0 Å². The van der Waals surface area contributed by atoms with E-state index in [1.165, 1.54) is 17.7 Å². The van der Waals surface area contributed by atoms with Crippen LogP contribution in [0.4, 0.5) is 0 Å². The van der Waals surface area contributed by atoms with E-state index in [1.54, 1.807) is 10.7 Å². The quantitative estimate of drug-likeness (QED) is 0.727. The Morgan fingerprint density at radius 2 is 2.09 bits per heavy atom. The van der Waals surface area contributed by atoms with Gasteiger partial charge in [0.25, 0.3) is 11.7 Å². The van der Waals surface area contributed by atoms with Crippen molar-refractivity contribution in [1.29, 1.82) is 0 Å². The first-order chi connectivity index (χ1) is 10.8. The lowest BCUT2D eigenvalue weighted by molar-refractivity contribution is 0.0716. The molecule has 22 heavy (non-hydrogen) atoms. The average Bonchev–Trinajstić information content (AvgIpc) is 3.25. The Morgan fingerprint density at radius 3 is 2.86 bits per heavy atom. The van der Waals surface area contributed by atoms with Crippen LogP contribution in [-0.2, 0) is 0 Å². The SMILES string of the molecule is O=C(c1cccs1)N1CCC(c2ccnc3ncnn23)CC1. The third-order valence-corrected chi connectivity index (χ3v) is 5.00. The number of carbonyl (C=O) groups excluding carboxylic acids is 1. The van der Waals surface area contributed by atoms with Crippen LogP contribution in [0.2, 0.25) is 0 Å². The van der Waals surface area contributed by atoms with Crippen molar-refractivity contribution in [3.05, 3.63) is 46.7 Å². The van der Waals surface area contributed by atoms with Gasteiger partial charge in [0.1, 0.15) is 6.33 Å². The number of aromatic nitrogens is 4. The van der Waals surface area contributed by atoms with Gasteiger partial charge >= 0.3 is 0 Å². The summed E-state index contributed by atoms with van der Waals surface area (Å²) in [6.07, 6.45) is 5.19. The number of piperidine rings is 1. The molecule has 3 aromatic rings. The van der Waals surface area contributed by atoms with Crippen molar-refractivity contribution in [3.8, 4) is 0 Å². The number of thiophene rings is 1. The highest BCUT2D eigenvalue weighted by Gasteiger charge is 2.26. The molecule has 4 rings (SSSR count). The highest BCUT2D eigenvalue weighted by Crippen LogP contribution is 2.28. The zero-order valence-corrected chi connectivity index (χ0v) is 12.7. The number of likely N-dealkylation sites (tertiary alicyclic amines) is 1. The molecule has 0 unspecified atom stereocenters. The van der Waals surface area contributed by atoms with Gasteiger partial charge in [0.15, 0.2) is 0 Å². The summed E-state index contributed by atoms with van der Waals surface area (Å²) in [5, 5.41) is 6.20. The van der Waals surface area contributed by atoms with Gasteiger partial charge in [-0.25, -0.2) is 9.50 Å². The van der Waals surface area contributed by atoms with Gasteiger partial charge in [-0.1, -0.05) is 6.07 Å². The molecule has 0 radical (unpaired) electrons. The van der Waals surface area contributed by atoms with Crippen LogP contribution in [0.5, 0.6) is 0 Å². The van der Waals surface area contributed by atoms with Crippen molar-refractivity contribution in [1.82, 2.24) is 24.5 Å². The molecular weight excluding hydrogens is 298 g/mol. The Labute approximate surface area is 131 Å². The summed E-state index contributed by atoms with van der Waals surface area (Å²) < 4.78 is 1.81. The lowest BCUT2D eigenvalue weighted by Gasteiger charge is -2.31. The second kappa shape index (κ2) is 5.49. The van der Waals surface area contributed by atoms with Crippen LogP contribution in [-0.4, -0.2) is 43.5 Å². The van der Waals surface area contributed by atoms with Gasteiger partial charge in [0, 0.05) is 25.2 Å². The molecule has 3 aromatic heterocycles. The number of rotatable bonds is 2. The van der Waals surface area contributed by atoms with E-state index in [9.17, 15) is 4.79 Å². The lowest BCUT2D eigenvalue weighted by Crippen LogP contribution is -2.37.